The molecule has 0 bridgehead atoms. The number of alkyl halides is 3. The van der Waals surface area contributed by atoms with Gasteiger partial charge >= 0.3 is 6.18 Å². The van der Waals surface area contributed by atoms with E-state index in [2.05, 4.69) is 34.1 Å². The lowest BCUT2D eigenvalue weighted by atomic mass is 10.1. The molecule has 0 unspecified atom stereocenters. The molecule has 0 atom stereocenters. The summed E-state index contributed by atoms with van der Waals surface area (Å²) in [6.07, 6.45) is -2.77. The Balaban J connectivity index is 1.91. The van der Waals surface area contributed by atoms with Crippen LogP contribution in [0.1, 0.15) is 41.9 Å². The number of hydrogen-bond donors (Lipinski definition) is 1. The highest BCUT2D eigenvalue weighted by Crippen LogP contribution is 2.32. The van der Waals surface area contributed by atoms with Crippen molar-refractivity contribution in [3.8, 4) is 11.3 Å². The van der Waals surface area contributed by atoms with E-state index in [1.807, 2.05) is 6.92 Å². The van der Waals surface area contributed by atoms with Gasteiger partial charge in [0.05, 0.1) is 11.9 Å². The van der Waals surface area contributed by atoms with Gasteiger partial charge in [-0.1, -0.05) is 43.7 Å². The molecule has 3 aromatic rings. The van der Waals surface area contributed by atoms with Gasteiger partial charge in [0.1, 0.15) is 5.56 Å². The Morgan fingerprint density at radius 2 is 1.84 bits per heavy atom. The molecule has 0 saturated carbocycles. The van der Waals surface area contributed by atoms with E-state index in [9.17, 15) is 18.0 Å². The third kappa shape index (κ3) is 5.22. The number of nitrogens with one attached hydrogen (secondary N) is 1. The van der Waals surface area contributed by atoms with Crippen molar-refractivity contribution in [2.45, 2.75) is 33.4 Å². The predicted molar refractivity (Wildman–Crippen MR) is 113 cm³/mol. The SMILES string of the molecule is CCN(CC)CCCNC(=O)c1cnn2c(C(F)(F)F)cc(-c3ccc(C)cc3)nc12. The summed E-state index contributed by atoms with van der Waals surface area (Å²) in [6, 6.07) is 7.97. The van der Waals surface area contributed by atoms with Crippen LogP contribution in [0.15, 0.2) is 36.5 Å². The lowest BCUT2D eigenvalue weighted by Crippen LogP contribution is -2.30. The topological polar surface area (TPSA) is 62.5 Å². The molecule has 0 spiro atoms. The first-order valence-corrected chi connectivity index (χ1v) is 10.3. The Morgan fingerprint density at radius 3 is 2.45 bits per heavy atom. The molecule has 2 heterocycles. The molecule has 0 aliphatic carbocycles. The number of fused-ring (bicyclic) bond motifs is 1. The number of nitrogens with zero attached hydrogens (tertiary/aromatic N) is 4. The van der Waals surface area contributed by atoms with E-state index < -0.39 is 17.8 Å². The third-order valence-corrected chi connectivity index (χ3v) is 5.19. The molecule has 2 aromatic heterocycles. The molecule has 1 N–H and O–H groups in total. The quantitative estimate of drug-likeness (QED) is 0.542. The average molecular weight is 433 g/mol. The smallest absolute Gasteiger partial charge is 0.352 e. The minimum Gasteiger partial charge on any atom is -0.352 e. The van der Waals surface area contributed by atoms with E-state index in [-0.39, 0.29) is 16.9 Å². The van der Waals surface area contributed by atoms with Gasteiger partial charge in [0.15, 0.2) is 11.3 Å². The van der Waals surface area contributed by atoms with Crippen LogP contribution in [0.2, 0.25) is 0 Å². The van der Waals surface area contributed by atoms with Gasteiger partial charge in [-0.25, -0.2) is 9.50 Å². The van der Waals surface area contributed by atoms with Gasteiger partial charge < -0.3 is 10.2 Å². The molecule has 1 amide bonds. The Hall–Kier alpha value is -2.94. The van der Waals surface area contributed by atoms with Crippen molar-refractivity contribution in [2.24, 2.45) is 0 Å². The fraction of sp³-hybridized carbons (Fsp3) is 0.409. The summed E-state index contributed by atoms with van der Waals surface area (Å²) in [7, 11) is 0. The molecular formula is C22H26F3N5O. The molecule has 0 fully saturated rings. The van der Waals surface area contributed by atoms with Crippen LogP contribution in [0.3, 0.4) is 0 Å². The maximum Gasteiger partial charge on any atom is 0.433 e. The molecule has 6 nitrogen and oxygen atoms in total. The lowest BCUT2D eigenvalue weighted by Gasteiger charge is -2.17. The molecule has 0 aliphatic heterocycles. The summed E-state index contributed by atoms with van der Waals surface area (Å²) in [5.74, 6) is -0.490. The van der Waals surface area contributed by atoms with Crippen molar-refractivity contribution in [1.82, 2.24) is 24.8 Å². The third-order valence-electron chi connectivity index (χ3n) is 5.19. The summed E-state index contributed by atoms with van der Waals surface area (Å²) in [5, 5.41) is 6.57. The zero-order valence-electron chi connectivity index (χ0n) is 17.8. The van der Waals surface area contributed by atoms with Gasteiger partial charge in [0.25, 0.3) is 5.91 Å². The monoisotopic (exact) mass is 433 g/mol. The van der Waals surface area contributed by atoms with E-state index in [1.54, 1.807) is 24.3 Å². The highest BCUT2D eigenvalue weighted by Gasteiger charge is 2.36. The minimum absolute atomic E-state index is 0.0160. The summed E-state index contributed by atoms with van der Waals surface area (Å²) in [5.41, 5.74) is 0.568. The maximum atomic E-state index is 13.7. The lowest BCUT2D eigenvalue weighted by molar-refractivity contribution is -0.142. The number of carbonyl (C=O) groups excluding carboxylic acids is 1. The van der Waals surface area contributed by atoms with Crippen molar-refractivity contribution in [3.63, 3.8) is 0 Å². The molecular weight excluding hydrogens is 407 g/mol. The minimum atomic E-state index is -4.65. The van der Waals surface area contributed by atoms with Gasteiger partial charge in [0, 0.05) is 12.1 Å². The van der Waals surface area contributed by atoms with Gasteiger partial charge in [-0.05, 0) is 39.0 Å². The van der Waals surface area contributed by atoms with Gasteiger partial charge in [-0.15, -0.1) is 0 Å². The molecule has 0 aliphatic rings. The number of hydrogen-bond acceptors (Lipinski definition) is 4. The van der Waals surface area contributed by atoms with E-state index >= 15 is 0 Å². The summed E-state index contributed by atoms with van der Waals surface area (Å²) in [6.45, 7) is 9.11. The molecule has 31 heavy (non-hydrogen) atoms. The molecule has 0 saturated heterocycles. The standard InChI is InChI=1S/C22H26F3N5O/c1-4-29(5-2)12-6-11-26-21(31)17-14-27-30-19(22(23,24)25)13-18(28-20(17)30)16-9-7-15(3)8-10-16/h7-10,13-14H,4-6,11-12H2,1-3H3,(H,26,31). The van der Waals surface area contributed by atoms with Gasteiger partial charge in [0.2, 0.25) is 0 Å². The van der Waals surface area contributed by atoms with Crippen LogP contribution < -0.4 is 5.32 Å². The summed E-state index contributed by atoms with van der Waals surface area (Å²) >= 11 is 0. The Labute approximate surface area is 179 Å². The van der Waals surface area contributed by atoms with E-state index in [0.717, 1.165) is 43.9 Å². The zero-order chi connectivity index (χ0) is 22.6. The second-order valence-electron chi connectivity index (χ2n) is 7.32. The zero-order valence-corrected chi connectivity index (χ0v) is 17.8. The number of carbonyl (C=O) groups is 1. The van der Waals surface area contributed by atoms with Crippen molar-refractivity contribution in [2.75, 3.05) is 26.2 Å². The molecule has 9 heteroatoms. The van der Waals surface area contributed by atoms with Crippen LogP contribution in [0.5, 0.6) is 0 Å². The van der Waals surface area contributed by atoms with E-state index in [1.165, 1.54) is 0 Å². The summed E-state index contributed by atoms with van der Waals surface area (Å²) in [4.78, 5) is 19.2. The molecule has 166 valence electrons. The highest BCUT2D eigenvalue weighted by atomic mass is 19.4. The Kier molecular flexibility index (Phi) is 6.94. The summed E-state index contributed by atoms with van der Waals surface area (Å²) < 4.78 is 41.7. The van der Waals surface area contributed by atoms with Crippen molar-refractivity contribution in [1.29, 1.82) is 0 Å². The van der Waals surface area contributed by atoms with Crippen LogP contribution in [-0.4, -0.2) is 51.6 Å². The first kappa shape index (κ1) is 22.7. The van der Waals surface area contributed by atoms with Crippen molar-refractivity contribution >= 4 is 11.6 Å². The average Bonchev–Trinajstić information content (AvgIpc) is 3.17. The number of amides is 1. The Bertz CT molecular complexity index is 1040. The molecule has 3 rings (SSSR count). The normalized spacial score (nSPS) is 12.0. The van der Waals surface area contributed by atoms with Gasteiger partial charge in [-0.2, -0.15) is 18.3 Å². The van der Waals surface area contributed by atoms with E-state index in [4.69, 9.17) is 0 Å². The van der Waals surface area contributed by atoms with Crippen LogP contribution in [0.4, 0.5) is 13.2 Å². The fourth-order valence-electron chi connectivity index (χ4n) is 3.34. The number of benzene rings is 1. The number of rotatable bonds is 8. The second kappa shape index (κ2) is 9.47. The first-order chi connectivity index (χ1) is 14.7. The molecule has 1 aromatic carbocycles. The molecule has 0 radical (unpaired) electrons. The van der Waals surface area contributed by atoms with Crippen LogP contribution in [-0.2, 0) is 6.18 Å². The van der Waals surface area contributed by atoms with Crippen LogP contribution >= 0.6 is 0 Å². The largest absolute Gasteiger partial charge is 0.433 e. The predicted octanol–water partition coefficient (Wildman–Crippen LogP) is 4.19. The highest BCUT2D eigenvalue weighted by molar-refractivity contribution is 5.99. The number of aromatic nitrogens is 3. The second-order valence-corrected chi connectivity index (χ2v) is 7.32. The number of aryl methyl sites for hydroxylation is 1. The van der Waals surface area contributed by atoms with Crippen molar-refractivity contribution < 1.29 is 18.0 Å². The van der Waals surface area contributed by atoms with Crippen LogP contribution in [0.25, 0.3) is 16.9 Å². The number of halogens is 3. The fourth-order valence-corrected chi connectivity index (χ4v) is 3.34. The first-order valence-electron chi connectivity index (χ1n) is 10.3. The maximum absolute atomic E-state index is 13.7. The van der Waals surface area contributed by atoms with Crippen molar-refractivity contribution in [3.05, 3.63) is 53.3 Å². The van der Waals surface area contributed by atoms with Crippen LogP contribution in [0, 0.1) is 6.92 Å². The van der Waals surface area contributed by atoms with E-state index in [0.29, 0.717) is 16.6 Å². The Morgan fingerprint density at radius 1 is 1.16 bits per heavy atom. The van der Waals surface area contributed by atoms with Gasteiger partial charge in [-0.3, -0.25) is 4.79 Å².